The van der Waals surface area contributed by atoms with Gasteiger partial charge in [0, 0.05) is 0 Å². The van der Waals surface area contributed by atoms with Crippen molar-refractivity contribution in [3.8, 4) is 77.9 Å². The van der Waals surface area contributed by atoms with Crippen LogP contribution in [-0.2, 0) is 0 Å². The van der Waals surface area contributed by atoms with Crippen molar-refractivity contribution >= 4 is 75.4 Å². The molecular formula is C74H46. The highest BCUT2D eigenvalue weighted by molar-refractivity contribution is 6.34. The molecule has 15 aromatic carbocycles. The summed E-state index contributed by atoms with van der Waals surface area (Å²) in [4.78, 5) is 0. The van der Waals surface area contributed by atoms with Crippen LogP contribution < -0.4 is 0 Å². The Balaban J connectivity index is 1.10. The van der Waals surface area contributed by atoms with E-state index in [1.807, 2.05) is 0 Å². The SMILES string of the molecule is c1ccc(-c2ccc(-c3cc(-c4cccc5ccccc45)c4ccc5c(-c6ccc(-c7ccccc7)c7ccccc67)cc(-c6ccc(-c7ccccc7)c7ccccc67)c6ccc3c4c56)c3ccccc23)cc1. The van der Waals surface area contributed by atoms with Crippen LogP contribution >= 0.6 is 0 Å². The maximum atomic E-state index is 2.51. The zero-order chi connectivity index (χ0) is 48.7. The van der Waals surface area contributed by atoms with E-state index in [0.29, 0.717) is 0 Å². The highest BCUT2D eigenvalue weighted by atomic mass is 14.3. The van der Waals surface area contributed by atoms with E-state index in [1.165, 1.54) is 153 Å². The van der Waals surface area contributed by atoms with Crippen molar-refractivity contribution in [2.45, 2.75) is 0 Å². The second kappa shape index (κ2) is 17.0. The number of hydrogen-bond acceptors (Lipinski definition) is 0. The Hall–Kier alpha value is -9.62. The number of rotatable bonds is 7. The van der Waals surface area contributed by atoms with Gasteiger partial charge >= 0.3 is 0 Å². The lowest BCUT2D eigenvalue weighted by Gasteiger charge is -2.23. The summed E-state index contributed by atoms with van der Waals surface area (Å²) in [5.74, 6) is 0. The molecule has 0 aliphatic heterocycles. The molecule has 0 saturated heterocycles. The predicted octanol–water partition coefficient (Wildman–Crippen LogP) is 20.9. The fraction of sp³-hybridized carbons (Fsp3) is 0. The molecular weight excluding hydrogens is 889 g/mol. The fourth-order valence-electron chi connectivity index (χ4n) is 12.6. The third-order valence-corrected chi connectivity index (χ3v) is 15.9. The Bertz CT molecular complexity index is 4530. The Morgan fingerprint density at radius 3 is 0.743 bits per heavy atom. The molecule has 0 radical (unpaired) electrons. The average Bonchev–Trinajstić information content (AvgIpc) is 3.51. The minimum Gasteiger partial charge on any atom is -0.0622 e. The molecule has 0 aliphatic rings. The van der Waals surface area contributed by atoms with E-state index in [-0.39, 0.29) is 0 Å². The van der Waals surface area contributed by atoms with Gasteiger partial charge in [-0.25, -0.2) is 0 Å². The van der Waals surface area contributed by atoms with Crippen LogP contribution in [0.2, 0.25) is 0 Å². The van der Waals surface area contributed by atoms with Gasteiger partial charge in [-0.15, -0.1) is 0 Å². The molecule has 15 rings (SSSR count). The molecule has 0 spiro atoms. The number of benzene rings is 15. The van der Waals surface area contributed by atoms with Crippen molar-refractivity contribution in [2.24, 2.45) is 0 Å². The van der Waals surface area contributed by atoms with E-state index in [2.05, 4.69) is 279 Å². The highest BCUT2D eigenvalue weighted by Gasteiger charge is 2.24. The van der Waals surface area contributed by atoms with Gasteiger partial charge in [0.1, 0.15) is 0 Å². The lowest BCUT2D eigenvalue weighted by molar-refractivity contribution is 1.63. The molecule has 15 aromatic rings. The molecule has 0 saturated carbocycles. The predicted molar refractivity (Wildman–Crippen MR) is 318 cm³/mol. The lowest BCUT2D eigenvalue weighted by atomic mass is 9.79. The van der Waals surface area contributed by atoms with Crippen LogP contribution in [0.25, 0.3) is 153 Å². The fourth-order valence-corrected chi connectivity index (χ4v) is 12.6. The average molecular weight is 935 g/mol. The molecule has 0 fully saturated rings. The largest absolute Gasteiger partial charge is 0.0622 e. The highest BCUT2D eigenvalue weighted by Crippen LogP contribution is 2.52. The van der Waals surface area contributed by atoms with Crippen molar-refractivity contribution in [2.75, 3.05) is 0 Å². The van der Waals surface area contributed by atoms with Crippen molar-refractivity contribution in [3.63, 3.8) is 0 Å². The zero-order valence-corrected chi connectivity index (χ0v) is 40.6. The minimum atomic E-state index is 1.22. The van der Waals surface area contributed by atoms with E-state index < -0.39 is 0 Å². The minimum absolute atomic E-state index is 1.22. The molecule has 0 N–H and O–H groups in total. The molecule has 0 heteroatoms. The maximum Gasteiger partial charge on any atom is -0.00139 e. The van der Waals surface area contributed by atoms with E-state index in [9.17, 15) is 0 Å². The number of hydrogen-bond donors (Lipinski definition) is 0. The molecule has 0 atom stereocenters. The lowest BCUT2D eigenvalue weighted by Crippen LogP contribution is -1.96. The van der Waals surface area contributed by atoms with Crippen LogP contribution in [0.5, 0.6) is 0 Å². The van der Waals surface area contributed by atoms with E-state index in [1.54, 1.807) is 0 Å². The van der Waals surface area contributed by atoms with Gasteiger partial charge in [-0.2, -0.15) is 0 Å². The molecule has 0 aromatic heterocycles. The first-order chi connectivity index (χ1) is 36.7. The van der Waals surface area contributed by atoms with Crippen LogP contribution in [0.1, 0.15) is 0 Å². The first-order valence-corrected chi connectivity index (χ1v) is 25.7. The first kappa shape index (κ1) is 42.1. The molecule has 342 valence electrons. The van der Waals surface area contributed by atoms with Crippen molar-refractivity contribution < 1.29 is 0 Å². The van der Waals surface area contributed by atoms with Crippen LogP contribution in [0.4, 0.5) is 0 Å². The number of fused-ring (bicyclic) bond motifs is 4. The Morgan fingerprint density at radius 2 is 0.392 bits per heavy atom. The van der Waals surface area contributed by atoms with Crippen LogP contribution in [-0.4, -0.2) is 0 Å². The maximum absolute atomic E-state index is 2.51. The van der Waals surface area contributed by atoms with Gasteiger partial charge in [0.25, 0.3) is 0 Å². The molecule has 0 nitrogen and oxygen atoms in total. The molecule has 0 heterocycles. The molecule has 0 unspecified atom stereocenters. The van der Waals surface area contributed by atoms with Gasteiger partial charge < -0.3 is 0 Å². The van der Waals surface area contributed by atoms with Gasteiger partial charge in [0.15, 0.2) is 0 Å². The van der Waals surface area contributed by atoms with Gasteiger partial charge in [-0.3, -0.25) is 0 Å². The van der Waals surface area contributed by atoms with Crippen molar-refractivity contribution in [1.82, 2.24) is 0 Å². The summed E-state index contributed by atoms with van der Waals surface area (Å²) in [6.45, 7) is 0. The van der Waals surface area contributed by atoms with Crippen molar-refractivity contribution in [3.05, 3.63) is 279 Å². The normalized spacial score (nSPS) is 11.8. The Labute approximate surface area is 430 Å². The molecule has 0 bridgehead atoms. The smallest absolute Gasteiger partial charge is 0.00139 e. The Morgan fingerprint density at radius 1 is 0.135 bits per heavy atom. The topological polar surface area (TPSA) is 0 Å². The second-order valence-corrected chi connectivity index (χ2v) is 19.8. The summed E-state index contributed by atoms with van der Waals surface area (Å²) in [6, 6.07) is 104. The first-order valence-electron chi connectivity index (χ1n) is 25.7. The van der Waals surface area contributed by atoms with E-state index in [0.717, 1.165) is 0 Å². The Kier molecular flexibility index (Phi) is 9.68. The molecule has 74 heavy (non-hydrogen) atoms. The third-order valence-electron chi connectivity index (χ3n) is 15.9. The monoisotopic (exact) mass is 934 g/mol. The van der Waals surface area contributed by atoms with Gasteiger partial charge in [0.2, 0.25) is 0 Å². The summed E-state index contributed by atoms with van der Waals surface area (Å²) in [6.07, 6.45) is 0. The van der Waals surface area contributed by atoms with Gasteiger partial charge in [-0.1, -0.05) is 267 Å². The standard InChI is InChI=1S/C74H46/c1-4-19-47(20-5-1)52-35-38-62(59-31-15-12-28-55(52)59)70-45-69(58-34-18-26-50-25-10-11-27-51(50)58)65-41-42-67-71(63-39-36-53(48-21-6-2-7-22-48)56-29-13-16-32-60(56)63)46-72(68-44-43-66(70)73(65)74(67)68)64-40-37-54(49-23-8-3-9-24-49)57-30-14-17-33-61(57)64/h1-46H. The summed E-state index contributed by atoms with van der Waals surface area (Å²) >= 11 is 0. The van der Waals surface area contributed by atoms with Crippen molar-refractivity contribution in [1.29, 1.82) is 0 Å². The summed E-state index contributed by atoms with van der Waals surface area (Å²) in [5.41, 5.74) is 17.2. The molecule has 0 aliphatic carbocycles. The van der Waals surface area contributed by atoms with E-state index >= 15 is 0 Å². The van der Waals surface area contributed by atoms with Crippen LogP contribution in [0.15, 0.2) is 279 Å². The summed E-state index contributed by atoms with van der Waals surface area (Å²) in [5, 5.41) is 17.5. The summed E-state index contributed by atoms with van der Waals surface area (Å²) < 4.78 is 0. The third kappa shape index (κ3) is 6.55. The quantitative estimate of drug-likeness (QED) is 0.140. The summed E-state index contributed by atoms with van der Waals surface area (Å²) in [7, 11) is 0. The van der Waals surface area contributed by atoms with Crippen LogP contribution in [0, 0.1) is 0 Å². The second-order valence-electron chi connectivity index (χ2n) is 19.8. The van der Waals surface area contributed by atoms with Gasteiger partial charge in [-0.05, 0) is 165 Å². The van der Waals surface area contributed by atoms with E-state index in [4.69, 9.17) is 0 Å². The zero-order valence-electron chi connectivity index (χ0n) is 40.6. The molecule has 0 amide bonds. The van der Waals surface area contributed by atoms with Gasteiger partial charge in [0.05, 0.1) is 0 Å². The van der Waals surface area contributed by atoms with Crippen LogP contribution in [0.3, 0.4) is 0 Å².